The highest BCUT2D eigenvalue weighted by atomic mass is 127. The predicted octanol–water partition coefficient (Wildman–Crippen LogP) is 2.25. The zero-order valence-corrected chi connectivity index (χ0v) is 18.0. The first-order valence-corrected chi connectivity index (χ1v) is 9.66. The van der Waals surface area contributed by atoms with Gasteiger partial charge < -0.3 is 20.6 Å². The number of rotatable bonds is 7. The van der Waals surface area contributed by atoms with Crippen LogP contribution in [0.3, 0.4) is 0 Å². The SMILES string of the molecule is CCNC(=NCCC(CC)N1CCCC1=O)NC1CCC(O)CC1.I. The Bertz CT molecular complexity index is 425. The van der Waals surface area contributed by atoms with Crippen LogP contribution >= 0.6 is 24.0 Å². The monoisotopic (exact) mass is 466 g/mol. The van der Waals surface area contributed by atoms with Crippen molar-refractivity contribution in [2.24, 2.45) is 4.99 Å². The molecule has 3 N–H and O–H groups in total. The molecule has 0 aromatic carbocycles. The van der Waals surface area contributed by atoms with E-state index in [1.165, 1.54) is 0 Å². The maximum atomic E-state index is 11.9. The van der Waals surface area contributed by atoms with Crippen LogP contribution in [0.1, 0.15) is 65.2 Å². The lowest BCUT2D eigenvalue weighted by Crippen LogP contribution is -2.45. The number of hydrogen-bond acceptors (Lipinski definition) is 3. The summed E-state index contributed by atoms with van der Waals surface area (Å²) >= 11 is 0. The van der Waals surface area contributed by atoms with Crippen LogP contribution in [0, 0.1) is 0 Å². The topological polar surface area (TPSA) is 77.0 Å². The average molecular weight is 466 g/mol. The number of aliphatic hydroxyl groups excluding tert-OH is 1. The molecule has 1 saturated heterocycles. The molecule has 2 rings (SSSR count). The van der Waals surface area contributed by atoms with Crippen molar-refractivity contribution in [2.45, 2.75) is 83.4 Å². The van der Waals surface area contributed by atoms with E-state index in [-0.39, 0.29) is 30.1 Å². The molecule has 1 aliphatic heterocycles. The van der Waals surface area contributed by atoms with Gasteiger partial charge in [0.2, 0.25) is 5.91 Å². The summed E-state index contributed by atoms with van der Waals surface area (Å²) in [5.74, 6) is 1.16. The molecule has 1 aliphatic carbocycles. The quantitative estimate of drug-likeness (QED) is 0.306. The fraction of sp³-hybridized carbons (Fsp3) is 0.889. The summed E-state index contributed by atoms with van der Waals surface area (Å²) in [6.45, 7) is 6.69. The molecule has 0 bridgehead atoms. The molecule has 1 saturated carbocycles. The highest BCUT2D eigenvalue weighted by Gasteiger charge is 2.26. The number of likely N-dealkylation sites (tertiary alicyclic amines) is 1. The molecule has 6 nitrogen and oxygen atoms in total. The van der Waals surface area contributed by atoms with Gasteiger partial charge in [-0.05, 0) is 51.9 Å². The molecule has 7 heteroatoms. The van der Waals surface area contributed by atoms with Crippen molar-refractivity contribution in [2.75, 3.05) is 19.6 Å². The van der Waals surface area contributed by atoms with E-state index >= 15 is 0 Å². The number of aliphatic hydroxyl groups is 1. The third kappa shape index (κ3) is 7.29. The van der Waals surface area contributed by atoms with E-state index in [1.54, 1.807) is 0 Å². The van der Waals surface area contributed by atoms with Gasteiger partial charge in [-0.2, -0.15) is 0 Å². The van der Waals surface area contributed by atoms with E-state index in [9.17, 15) is 9.90 Å². The lowest BCUT2D eigenvalue weighted by molar-refractivity contribution is -0.129. The van der Waals surface area contributed by atoms with Crippen LogP contribution in [0.15, 0.2) is 4.99 Å². The Balaban J connectivity index is 0.00000312. The van der Waals surface area contributed by atoms with Crippen LogP contribution in [0.25, 0.3) is 0 Å². The molecule has 1 amide bonds. The molecule has 0 spiro atoms. The summed E-state index contributed by atoms with van der Waals surface area (Å²) in [5.41, 5.74) is 0. The van der Waals surface area contributed by atoms with Crippen LogP contribution < -0.4 is 10.6 Å². The Morgan fingerprint density at radius 1 is 1.32 bits per heavy atom. The zero-order chi connectivity index (χ0) is 17.4. The van der Waals surface area contributed by atoms with Gasteiger partial charge in [-0.15, -0.1) is 24.0 Å². The summed E-state index contributed by atoms with van der Waals surface area (Å²) in [6.07, 6.45) is 7.20. The summed E-state index contributed by atoms with van der Waals surface area (Å²) in [6, 6.07) is 0.713. The van der Waals surface area contributed by atoms with Gasteiger partial charge in [0.05, 0.1) is 6.10 Å². The van der Waals surface area contributed by atoms with E-state index < -0.39 is 0 Å². The van der Waals surface area contributed by atoms with Gasteiger partial charge in [0.25, 0.3) is 0 Å². The lowest BCUT2D eigenvalue weighted by atomic mass is 9.93. The van der Waals surface area contributed by atoms with Crippen LogP contribution in [0.5, 0.6) is 0 Å². The largest absolute Gasteiger partial charge is 0.393 e. The van der Waals surface area contributed by atoms with Gasteiger partial charge >= 0.3 is 0 Å². The van der Waals surface area contributed by atoms with E-state index in [0.717, 1.165) is 70.5 Å². The number of nitrogens with zero attached hydrogens (tertiary/aromatic N) is 2. The number of carbonyl (C=O) groups excluding carboxylic acids is 1. The molecule has 146 valence electrons. The number of carbonyl (C=O) groups is 1. The number of nitrogens with one attached hydrogen (secondary N) is 2. The maximum absolute atomic E-state index is 11.9. The minimum atomic E-state index is -0.133. The molecule has 25 heavy (non-hydrogen) atoms. The Kier molecular flexibility index (Phi) is 10.7. The normalized spacial score (nSPS) is 25.5. The second kappa shape index (κ2) is 11.9. The highest BCUT2D eigenvalue weighted by molar-refractivity contribution is 14.0. The van der Waals surface area contributed by atoms with Crippen molar-refractivity contribution >= 4 is 35.8 Å². The van der Waals surface area contributed by atoms with E-state index in [2.05, 4.69) is 24.5 Å². The minimum Gasteiger partial charge on any atom is -0.393 e. The summed E-state index contributed by atoms with van der Waals surface area (Å²) < 4.78 is 0. The fourth-order valence-corrected chi connectivity index (χ4v) is 3.69. The van der Waals surface area contributed by atoms with Crippen LogP contribution in [-0.2, 0) is 4.79 Å². The van der Waals surface area contributed by atoms with Crippen molar-refractivity contribution in [1.82, 2.24) is 15.5 Å². The van der Waals surface area contributed by atoms with Gasteiger partial charge in [-0.1, -0.05) is 6.92 Å². The average Bonchev–Trinajstić information content (AvgIpc) is 3.00. The second-order valence-electron chi connectivity index (χ2n) is 6.95. The fourth-order valence-electron chi connectivity index (χ4n) is 3.69. The zero-order valence-electron chi connectivity index (χ0n) is 15.7. The standard InChI is InChI=1S/C18H34N4O2.HI/c1-3-15(22-13-5-6-17(22)24)11-12-20-18(19-4-2)21-14-7-9-16(23)10-8-14;/h14-16,23H,3-13H2,1-2H3,(H2,19,20,21);1H. The van der Waals surface area contributed by atoms with Crippen molar-refractivity contribution in [3.63, 3.8) is 0 Å². The van der Waals surface area contributed by atoms with Crippen LogP contribution in [0.4, 0.5) is 0 Å². The van der Waals surface area contributed by atoms with Gasteiger partial charge in [-0.3, -0.25) is 9.79 Å². The van der Waals surface area contributed by atoms with Crippen LogP contribution in [0.2, 0.25) is 0 Å². The molecular formula is C18H35IN4O2. The maximum Gasteiger partial charge on any atom is 0.222 e. The Morgan fingerprint density at radius 3 is 2.60 bits per heavy atom. The highest BCUT2D eigenvalue weighted by Crippen LogP contribution is 2.19. The number of guanidine groups is 1. The van der Waals surface area contributed by atoms with Gasteiger partial charge in [0, 0.05) is 38.1 Å². The lowest BCUT2D eigenvalue weighted by Gasteiger charge is -2.28. The van der Waals surface area contributed by atoms with Crippen molar-refractivity contribution in [3.8, 4) is 0 Å². The Morgan fingerprint density at radius 2 is 2.04 bits per heavy atom. The first-order valence-electron chi connectivity index (χ1n) is 9.66. The van der Waals surface area contributed by atoms with E-state index in [0.29, 0.717) is 24.4 Å². The molecule has 1 unspecified atom stereocenters. The molecule has 0 radical (unpaired) electrons. The third-order valence-corrected chi connectivity index (χ3v) is 5.14. The van der Waals surface area contributed by atoms with Gasteiger partial charge in [0.1, 0.15) is 0 Å². The van der Waals surface area contributed by atoms with E-state index in [1.807, 2.05) is 4.90 Å². The van der Waals surface area contributed by atoms with Crippen molar-refractivity contribution < 1.29 is 9.90 Å². The van der Waals surface area contributed by atoms with Crippen molar-refractivity contribution in [3.05, 3.63) is 0 Å². The smallest absolute Gasteiger partial charge is 0.222 e. The predicted molar refractivity (Wildman–Crippen MR) is 112 cm³/mol. The molecule has 0 aromatic heterocycles. The summed E-state index contributed by atoms with van der Waals surface area (Å²) in [4.78, 5) is 18.7. The molecule has 1 heterocycles. The Labute approximate surface area is 169 Å². The Hall–Kier alpha value is -0.570. The summed E-state index contributed by atoms with van der Waals surface area (Å²) in [7, 11) is 0. The first kappa shape index (κ1) is 22.5. The third-order valence-electron chi connectivity index (χ3n) is 5.14. The number of halogens is 1. The van der Waals surface area contributed by atoms with Crippen molar-refractivity contribution in [1.29, 1.82) is 0 Å². The van der Waals surface area contributed by atoms with Gasteiger partial charge in [-0.25, -0.2) is 0 Å². The number of amides is 1. The molecule has 2 aliphatic rings. The van der Waals surface area contributed by atoms with Crippen LogP contribution in [-0.4, -0.2) is 59.7 Å². The number of aliphatic imine (C=N–C) groups is 1. The molecule has 1 atom stereocenters. The summed E-state index contributed by atoms with van der Waals surface area (Å²) in [5, 5.41) is 16.4. The molecular weight excluding hydrogens is 431 g/mol. The van der Waals surface area contributed by atoms with E-state index in [4.69, 9.17) is 4.99 Å². The minimum absolute atomic E-state index is 0. The first-order chi connectivity index (χ1) is 11.6. The second-order valence-corrected chi connectivity index (χ2v) is 6.95. The molecule has 2 fully saturated rings. The number of hydrogen-bond donors (Lipinski definition) is 3. The van der Waals surface area contributed by atoms with Gasteiger partial charge in [0.15, 0.2) is 5.96 Å². The molecule has 0 aromatic rings.